The van der Waals surface area contributed by atoms with Crippen molar-refractivity contribution in [3.8, 4) is 5.75 Å². The van der Waals surface area contributed by atoms with Crippen LogP contribution in [0.3, 0.4) is 0 Å². The molecular formula is C25H36N4O3S. The molecule has 8 heteroatoms. The Hall–Kier alpha value is -2.19. The predicted octanol–water partition coefficient (Wildman–Crippen LogP) is 3.82. The van der Waals surface area contributed by atoms with Gasteiger partial charge in [0.1, 0.15) is 5.75 Å². The monoisotopic (exact) mass is 472 g/mol. The molecule has 0 unspecified atom stereocenters. The highest BCUT2D eigenvalue weighted by molar-refractivity contribution is 7.88. The van der Waals surface area contributed by atoms with Crippen LogP contribution in [0.25, 0.3) is 0 Å². The summed E-state index contributed by atoms with van der Waals surface area (Å²) in [6, 6.07) is 10.3. The van der Waals surface area contributed by atoms with Crippen LogP contribution in [0.1, 0.15) is 55.8 Å². The highest BCUT2D eigenvalue weighted by Crippen LogP contribution is 2.27. The molecule has 0 bridgehead atoms. The van der Waals surface area contributed by atoms with E-state index in [1.54, 1.807) is 0 Å². The van der Waals surface area contributed by atoms with Crippen molar-refractivity contribution >= 4 is 15.8 Å². The number of fused-ring (bicyclic) bond motifs is 1. The highest BCUT2D eigenvalue weighted by atomic mass is 32.2. The van der Waals surface area contributed by atoms with Crippen LogP contribution < -0.4 is 9.64 Å². The third-order valence-corrected chi connectivity index (χ3v) is 8.05. The normalized spacial score (nSPS) is 17.7. The van der Waals surface area contributed by atoms with Crippen molar-refractivity contribution in [1.29, 1.82) is 0 Å². The summed E-state index contributed by atoms with van der Waals surface area (Å²) in [5, 5.41) is 8.78. The predicted molar refractivity (Wildman–Crippen MR) is 131 cm³/mol. The topological polar surface area (TPSA) is 75.6 Å². The molecule has 3 heterocycles. The Labute approximate surface area is 198 Å². The summed E-state index contributed by atoms with van der Waals surface area (Å²) >= 11 is 0. The summed E-state index contributed by atoms with van der Waals surface area (Å²) in [5.41, 5.74) is 3.35. The van der Waals surface area contributed by atoms with Crippen LogP contribution in [-0.2, 0) is 29.4 Å². The van der Waals surface area contributed by atoms with E-state index in [-0.39, 0.29) is 0 Å². The Morgan fingerprint density at radius 2 is 1.88 bits per heavy atom. The third kappa shape index (κ3) is 6.44. The molecule has 4 rings (SSSR count). The largest absolute Gasteiger partial charge is 0.494 e. The zero-order valence-electron chi connectivity index (χ0n) is 19.9. The maximum Gasteiger partial charge on any atom is 0.211 e. The summed E-state index contributed by atoms with van der Waals surface area (Å²) in [4.78, 5) is 2.35. The Kier molecular flexibility index (Phi) is 7.86. The van der Waals surface area contributed by atoms with Gasteiger partial charge in [0, 0.05) is 26.2 Å². The lowest BCUT2D eigenvalue weighted by Gasteiger charge is -2.32. The van der Waals surface area contributed by atoms with E-state index in [1.165, 1.54) is 35.4 Å². The summed E-state index contributed by atoms with van der Waals surface area (Å²) in [6.07, 6.45) is 8.72. The first kappa shape index (κ1) is 24.0. The highest BCUT2D eigenvalue weighted by Gasteiger charge is 2.23. The number of hydrogen-bond acceptors (Lipinski definition) is 6. The second-order valence-corrected chi connectivity index (χ2v) is 11.3. The Bertz CT molecular complexity index is 1020. The van der Waals surface area contributed by atoms with Crippen LogP contribution in [0.15, 0.2) is 30.3 Å². The average molecular weight is 473 g/mol. The lowest BCUT2D eigenvalue weighted by molar-refractivity contribution is 0.278. The second-order valence-electron chi connectivity index (χ2n) is 9.33. The van der Waals surface area contributed by atoms with E-state index in [4.69, 9.17) is 4.74 Å². The van der Waals surface area contributed by atoms with Gasteiger partial charge in [-0.3, -0.25) is 0 Å². The van der Waals surface area contributed by atoms with Crippen LogP contribution >= 0.6 is 0 Å². The molecule has 1 aromatic carbocycles. The van der Waals surface area contributed by atoms with Crippen molar-refractivity contribution in [2.75, 3.05) is 37.4 Å². The van der Waals surface area contributed by atoms with E-state index in [2.05, 4.69) is 40.2 Å². The first-order valence-electron chi connectivity index (χ1n) is 12.2. The zero-order chi connectivity index (χ0) is 23.3. The molecule has 1 fully saturated rings. The molecule has 0 atom stereocenters. The van der Waals surface area contributed by atoms with Gasteiger partial charge in [-0.25, -0.2) is 8.42 Å². The number of benzene rings is 1. The second kappa shape index (κ2) is 10.8. The van der Waals surface area contributed by atoms with Crippen molar-refractivity contribution in [3.63, 3.8) is 0 Å². The molecule has 0 radical (unpaired) electrons. The molecule has 180 valence electrons. The maximum atomic E-state index is 11.8. The molecule has 0 aliphatic carbocycles. The summed E-state index contributed by atoms with van der Waals surface area (Å²) in [5.74, 6) is 2.63. The first-order chi connectivity index (χ1) is 15.9. The molecule has 2 aliphatic heterocycles. The molecule has 0 amide bonds. The summed E-state index contributed by atoms with van der Waals surface area (Å²) in [7, 11) is -3.14. The molecule has 2 aromatic rings. The van der Waals surface area contributed by atoms with E-state index < -0.39 is 10.0 Å². The van der Waals surface area contributed by atoms with Crippen molar-refractivity contribution in [2.45, 2.75) is 58.4 Å². The Morgan fingerprint density at radius 3 is 2.58 bits per heavy atom. The van der Waals surface area contributed by atoms with E-state index in [0.29, 0.717) is 13.1 Å². The fourth-order valence-electron chi connectivity index (χ4n) is 4.80. The van der Waals surface area contributed by atoms with Gasteiger partial charge in [-0.05, 0) is 79.8 Å². The average Bonchev–Trinajstić information content (AvgIpc) is 2.82. The van der Waals surface area contributed by atoms with Crippen molar-refractivity contribution in [1.82, 2.24) is 14.5 Å². The van der Waals surface area contributed by atoms with Gasteiger partial charge >= 0.3 is 0 Å². The molecule has 33 heavy (non-hydrogen) atoms. The van der Waals surface area contributed by atoms with Crippen LogP contribution in [0.2, 0.25) is 0 Å². The molecule has 0 spiro atoms. The number of rotatable bonds is 9. The van der Waals surface area contributed by atoms with Crippen LogP contribution in [0, 0.1) is 5.92 Å². The number of hydrogen-bond donors (Lipinski definition) is 0. The fraction of sp³-hybridized carbons (Fsp3) is 0.600. The number of aromatic nitrogens is 2. The molecule has 1 saturated heterocycles. The number of nitrogens with zero attached hydrogens (tertiary/aromatic N) is 4. The Morgan fingerprint density at radius 1 is 1.06 bits per heavy atom. The molecule has 7 nitrogen and oxygen atoms in total. The quantitative estimate of drug-likeness (QED) is 0.517. The lowest BCUT2D eigenvalue weighted by atomic mass is 9.92. The van der Waals surface area contributed by atoms with Crippen LogP contribution in [-0.4, -0.2) is 55.4 Å². The van der Waals surface area contributed by atoms with E-state index in [9.17, 15) is 8.42 Å². The number of piperidine rings is 1. The zero-order valence-corrected chi connectivity index (χ0v) is 20.7. The van der Waals surface area contributed by atoms with E-state index >= 15 is 0 Å². The van der Waals surface area contributed by atoms with Gasteiger partial charge in [0.05, 0.1) is 18.6 Å². The van der Waals surface area contributed by atoms with Crippen molar-refractivity contribution in [3.05, 3.63) is 47.2 Å². The van der Waals surface area contributed by atoms with E-state index in [0.717, 1.165) is 74.1 Å². The summed E-state index contributed by atoms with van der Waals surface area (Å²) in [6.45, 7) is 5.97. The van der Waals surface area contributed by atoms with Gasteiger partial charge in [-0.15, -0.1) is 5.10 Å². The minimum absolute atomic E-state index is 0.460. The number of anilines is 1. The van der Waals surface area contributed by atoms with E-state index in [1.807, 2.05) is 12.1 Å². The van der Waals surface area contributed by atoms with Gasteiger partial charge in [0.15, 0.2) is 5.82 Å². The molecule has 0 N–H and O–H groups in total. The standard InChI is InChI=1S/C25H36N4O3S/c1-3-5-23-8-10-25(27-26-23)28-14-11-20(12-15-28)6-4-17-32-24-9-7-22-19-29(33(2,30)31)16-13-21(22)18-24/h7-10,18,20H,3-6,11-17,19H2,1-2H3. The molecule has 1 aromatic heterocycles. The lowest BCUT2D eigenvalue weighted by Crippen LogP contribution is -2.35. The molecule has 2 aliphatic rings. The number of sulfonamides is 1. The Balaban J connectivity index is 1.17. The van der Waals surface area contributed by atoms with Crippen LogP contribution in [0.5, 0.6) is 5.75 Å². The smallest absolute Gasteiger partial charge is 0.211 e. The molecular weight excluding hydrogens is 436 g/mol. The van der Waals surface area contributed by atoms with Gasteiger partial charge < -0.3 is 9.64 Å². The van der Waals surface area contributed by atoms with Gasteiger partial charge in [0.2, 0.25) is 10.0 Å². The van der Waals surface area contributed by atoms with Crippen molar-refractivity contribution in [2.24, 2.45) is 5.92 Å². The minimum Gasteiger partial charge on any atom is -0.494 e. The SMILES string of the molecule is CCCc1ccc(N2CCC(CCCOc3ccc4c(c3)CCN(S(C)(=O)=O)C4)CC2)nn1. The van der Waals surface area contributed by atoms with Gasteiger partial charge in [0.25, 0.3) is 0 Å². The number of ether oxygens (including phenoxy) is 1. The fourth-order valence-corrected chi connectivity index (χ4v) is 5.60. The minimum atomic E-state index is -3.14. The van der Waals surface area contributed by atoms with Gasteiger partial charge in [-0.1, -0.05) is 19.4 Å². The van der Waals surface area contributed by atoms with Crippen LogP contribution in [0.4, 0.5) is 5.82 Å². The number of aryl methyl sites for hydroxylation is 1. The van der Waals surface area contributed by atoms with Gasteiger partial charge in [-0.2, -0.15) is 9.40 Å². The maximum absolute atomic E-state index is 11.8. The molecule has 0 saturated carbocycles. The first-order valence-corrected chi connectivity index (χ1v) is 14.0. The van der Waals surface area contributed by atoms with Crippen molar-refractivity contribution < 1.29 is 13.2 Å². The summed E-state index contributed by atoms with van der Waals surface area (Å²) < 4.78 is 31.1. The third-order valence-electron chi connectivity index (χ3n) is 6.80.